The molecule has 2 N–H and O–H groups in total. The van der Waals surface area contributed by atoms with Crippen molar-refractivity contribution in [1.82, 2.24) is 9.88 Å². The number of fused-ring (bicyclic) bond motifs is 1. The second-order valence-corrected chi connectivity index (χ2v) is 5.83. The molecule has 98 valence electrons. The van der Waals surface area contributed by atoms with Crippen LogP contribution in [0.4, 0.5) is 5.69 Å². The van der Waals surface area contributed by atoms with E-state index >= 15 is 0 Å². The van der Waals surface area contributed by atoms with Crippen LogP contribution in [0.3, 0.4) is 0 Å². The van der Waals surface area contributed by atoms with Gasteiger partial charge in [-0.25, -0.2) is 4.98 Å². The van der Waals surface area contributed by atoms with Gasteiger partial charge >= 0.3 is 0 Å². The third-order valence-corrected chi connectivity index (χ3v) is 4.46. The standard InChI is InChI=1S/C13H12ClN3OS/c14-12-5-9(10(15)6-16-12)13(18)17-3-1-11-8(7-17)2-4-19-11/h2,4-6H,1,3,7,15H2. The van der Waals surface area contributed by atoms with E-state index < -0.39 is 0 Å². The number of halogens is 1. The van der Waals surface area contributed by atoms with Gasteiger partial charge in [0.1, 0.15) is 5.15 Å². The van der Waals surface area contributed by atoms with E-state index in [0.717, 1.165) is 6.42 Å². The Balaban J connectivity index is 1.87. The number of hydrogen-bond donors (Lipinski definition) is 1. The summed E-state index contributed by atoms with van der Waals surface area (Å²) in [5, 5.41) is 2.35. The van der Waals surface area contributed by atoms with E-state index in [1.54, 1.807) is 16.2 Å². The fraction of sp³-hybridized carbons (Fsp3) is 0.231. The van der Waals surface area contributed by atoms with Crippen LogP contribution in [0.15, 0.2) is 23.7 Å². The summed E-state index contributed by atoms with van der Waals surface area (Å²) in [5.74, 6) is -0.0846. The van der Waals surface area contributed by atoms with Crippen LogP contribution in [-0.2, 0) is 13.0 Å². The number of aromatic nitrogens is 1. The molecule has 0 atom stereocenters. The van der Waals surface area contributed by atoms with Crippen LogP contribution in [0, 0.1) is 0 Å². The highest BCUT2D eigenvalue weighted by Crippen LogP contribution is 2.26. The molecule has 0 saturated carbocycles. The van der Waals surface area contributed by atoms with Gasteiger partial charge < -0.3 is 10.6 Å². The van der Waals surface area contributed by atoms with E-state index in [2.05, 4.69) is 16.4 Å². The van der Waals surface area contributed by atoms with E-state index in [1.165, 1.54) is 22.7 Å². The van der Waals surface area contributed by atoms with Gasteiger partial charge in [-0.15, -0.1) is 11.3 Å². The normalized spacial score (nSPS) is 14.3. The Labute approximate surface area is 119 Å². The quantitative estimate of drug-likeness (QED) is 0.822. The molecule has 3 heterocycles. The molecule has 0 radical (unpaired) electrons. The van der Waals surface area contributed by atoms with Crippen molar-refractivity contribution in [3.63, 3.8) is 0 Å². The molecule has 1 amide bonds. The maximum atomic E-state index is 12.5. The molecule has 0 bridgehead atoms. The number of thiophene rings is 1. The lowest BCUT2D eigenvalue weighted by Crippen LogP contribution is -2.35. The summed E-state index contributed by atoms with van der Waals surface area (Å²) < 4.78 is 0. The second kappa shape index (κ2) is 4.83. The van der Waals surface area contributed by atoms with E-state index in [9.17, 15) is 4.79 Å². The van der Waals surface area contributed by atoms with E-state index in [-0.39, 0.29) is 11.1 Å². The number of pyridine rings is 1. The molecule has 0 fully saturated rings. The van der Waals surface area contributed by atoms with Crippen molar-refractivity contribution in [1.29, 1.82) is 0 Å². The average Bonchev–Trinajstić information content (AvgIpc) is 2.88. The van der Waals surface area contributed by atoms with E-state index in [1.807, 2.05) is 0 Å². The molecule has 0 aromatic carbocycles. The molecular formula is C13H12ClN3OS. The Hall–Kier alpha value is -1.59. The molecule has 2 aromatic rings. The number of carbonyl (C=O) groups excluding carboxylic acids is 1. The molecule has 3 rings (SSSR count). The summed E-state index contributed by atoms with van der Waals surface area (Å²) in [6.07, 6.45) is 2.33. The van der Waals surface area contributed by atoms with Crippen LogP contribution in [0.1, 0.15) is 20.8 Å². The van der Waals surface area contributed by atoms with Gasteiger partial charge in [-0.05, 0) is 29.5 Å². The molecule has 19 heavy (non-hydrogen) atoms. The first-order chi connectivity index (χ1) is 9.15. The molecule has 0 unspecified atom stereocenters. The minimum absolute atomic E-state index is 0.0846. The fourth-order valence-electron chi connectivity index (χ4n) is 2.22. The summed E-state index contributed by atoms with van der Waals surface area (Å²) in [7, 11) is 0. The Bertz CT molecular complexity index is 641. The van der Waals surface area contributed by atoms with E-state index in [4.69, 9.17) is 17.3 Å². The lowest BCUT2D eigenvalue weighted by Gasteiger charge is -2.27. The largest absolute Gasteiger partial charge is 0.397 e. The van der Waals surface area contributed by atoms with Crippen molar-refractivity contribution in [2.75, 3.05) is 12.3 Å². The van der Waals surface area contributed by atoms with Crippen LogP contribution in [-0.4, -0.2) is 22.3 Å². The van der Waals surface area contributed by atoms with Crippen molar-refractivity contribution in [2.24, 2.45) is 0 Å². The van der Waals surface area contributed by atoms with Crippen LogP contribution in [0.25, 0.3) is 0 Å². The monoisotopic (exact) mass is 293 g/mol. The molecule has 0 spiro atoms. The van der Waals surface area contributed by atoms with Gasteiger partial charge in [-0.3, -0.25) is 4.79 Å². The first kappa shape index (κ1) is 12.4. The van der Waals surface area contributed by atoms with Gasteiger partial charge in [-0.2, -0.15) is 0 Å². The van der Waals surface area contributed by atoms with Gasteiger partial charge in [-0.1, -0.05) is 11.6 Å². The minimum Gasteiger partial charge on any atom is -0.397 e. The lowest BCUT2D eigenvalue weighted by molar-refractivity contribution is 0.0737. The Morgan fingerprint density at radius 2 is 2.37 bits per heavy atom. The number of amides is 1. The third-order valence-electron chi connectivity index (χ3n) is 3.23. The molecule has 0 aliphatic carbocycles. The predicted molar refractivity (Wildman–Crippen MR) is 76.4 cm³/mol. The number of rotatable bonds is 1. The summed E-state index contributed by atoms with van der Waals surface area (Å²) in [6, 6.07) is 3.60. The van der Waals surface area contributed by atoms with Crippen molar-refractivity contribution >= 4 is 34.5 Å². The first-order valence-electron chi connectivity index (χ1n) is 5.90. The van der Waals surface area contributed by atoms with Crippen LogP contribution < -0.4 is 5.73 Å². The van der Waals surface area contributed by atoms with Crippen LogP contribution in [0.2, 0.25) is 5.15 Å². The molecule has 2 aromatic heterocycles. The van der Waals surface area contributed by atoms with Crippen molar-refractivity contribution in [2.45, 2.75) is 13.0 Å². The highest BCUT2D eigenvalue weighted by molar-refractivity contribution is 7.10. The summed E-state index contributed by atoms with van der Waals surface area (Å²) in [4.78, 5) is 19.5. The number of nitrogens with zero attached hydrogens (tertiary/aromatic N) is 2. The molecular weight excluding hydrogens is 282 g/mol. The van der Waals surface area contributed by atoms with Gasteiger partial charge in [0.2, 0.25) is 0 Å². The Morgan fingerprint density at radius 3 is 3.21 bits per heavy atom. The number of hydrogen-bond acceptors (Lipinski definition) is 4. The zero-order chi connectivity index (χ0) is 13.4. The van der Waals surface area contributed by atoms with Crippen molar-refractivity contribution in [3.05, 3.63) is 44.9 Å². The van der Waals surface area contributed by atoms with Gasteiger partial charge in [0.15, 0.2) is 0 Å². The smallest absolute Gasteiger partial charge is 0.256 e. The molecule has 0 saturated heterocycles. The maximum absolute atomic E-state index is 12.5. The Morgan fingerprint density at radius 1 is 1.53 bits per heavy atom. The highest BCUT2D eigenvalue weighted by Gasteiger charge is 2.24. The van der Waals surface area contributed by atoms with Gasteiger partial charge in [0, 0.05) is 18.0 Å². The predicted octanol–water partition coefficient (Wildman–Crippen LogP) is 2.58. The fourth-order valence-corrected chi connectivity index (χ4v) is 3.27. The summed E-state index contributed by atoms with van der Waals surface area (Å²) in [5.41, 5.74) is 7.83. The van der Waals surface area contributed by atoms with Crippen molar-refractivity contribution < 1.29 is 4.79 Å². The number of nitrogen functional groups attached to an aromatic ring is 1. The van der Waals surface area contributed by atoms with Crippen LogP contribution in [0.5, 0.6) is 0 Å². The number of carbonyl (C=O) groups is 1. The number of nitrogens with two attached hydrogens (primary N) is 1. The van der Waals surface area contributed by atoms with Gasteiger partial charge in [0.25, 0.3) is 5.91 Å². The number of anilines is 1. The highest BCUT2D eigenvalue weighted by atomic mass is 35.5. The Kier molecular flexibility index (Phi) is 3.16. The SMILES string of the molecule is Nc1cnc(Cl)cc1C(=O)N1CCc2sccc2C1. The molecule has 6 heteroatoms. The lowest BCUT2D eigenvalue weighted by atomic mass is 10.1. The maximum Gasteiger partial charge on any atom is 0.256 e. The first-order valence-corrected chi connectivity index (χ1v) is 7.16. The third kappa shape index (κ3) is 2.31. The minimum atomic E-state index is -0.0846. The average molecular weight is 294 g/mol. The summed E-state index contributed by atoms with van der Waals surface area (Å²) >= 11 is 7.57. The summed E-state index contributed by atoms with van der Waals surface area (Å²) in [6.45, 7) is 1.35. The molecule has 1 aliphatic heterocycles. The van der Waals surface area contributed by atoms with Gasteiger partial charge in [0.05, 0.1) is 17.4 Å². The zero-order valence-corrected chi connectivity index (χ0v) is 11.7. The van der Waals surface area contributed by atoms with Crippen LogP contribution >= 0.6 is 22.9 Å². The molecule has 4 nitrogen and oxygen atoms in total. The zero-order valence-electron chi connectivity index (χ0n) is 10.1. The molecule has 1 aliphatic rings. The topological polar surface area (TPSA) is 59.2 Å². The van der Waals surface area contributed by atoms with Crippen molar-refractivity contribution in [3.8, 4) is 0 Å². The van der Waals surface area contributed by atoms with E-state index in [0.29, 0.717) is 24.3 Å². The second-order valence-electron chi connectivity index (χ2n) is 4.44.